The van der Waals surface area contributed by atoms with Crippen molar-refractivity contribution in [2.45, 2.75) is 52.4 Å². The Morgan fingerprint density at radius 2 is 1.71 bits per heavy atom. The Labute approximate surface area is 142 Å². The van der Waals surface area contributed by atoms with Gasteiger partial charge in [-0.05, 0) is 51.8 Å². The summed E-state index contributed by atoms with van der Waals surface area (Å²) >= 11 is 0. The molecule has 1 aliphatic heterocycles. The Balaban J connectivity index is 0.000000561. The molecule has 0 atom stereocenters. The van der Waals surface area contributed by atoms with Crippen LogP contribution < -0.4 is 5.73 Å². The van der Waals surface area contributed by atoms with Gasteiger partial charge in [0.05, 0.1) is 5.70 Å². The Hall–Kier alpha value is -2.28. The molecule has 24 heavy (non-hydrogen) atoms. The van der Waals surface area contributed by atoms with Crippen LogP contribution in [0, 0.1) is 0 Å². The van der Waals surface area contributed by atoms with E-state index in [0.717, 1.165) is 24.3 Å². The number of allylic oxidation sites excluding steroid dienone is 3. The van der Waals surface area contributed by atoms with Gasteiger partial charge in [-0.3, -0.25) is 14.4 Å². The predicted octanol–water partition coefficient (Wildman–Crippen LogP) is 1.82. The lowest BCUT2D eigenvalue weighted by Crippen LogP contribution is -2.26. The molecule has 0 saturated carbocycles. The third-order valence-corrected chi connectivity index (χ3v) is 2.97. The van der Waals surface area contributed by atoms with Gasteiger partial charge in [-0.2, -0.15) is 0 Å². The summed E-state index contributed by atoms with van der Waals surface area (Å²) in [4.78, 5) is 47.8. The molecule has 0 unspecified atom stereocenters. The summed E-state index contributed by atoms with van der Waals surface area (Å²) in [6.45, 7) is 7.10. The van der Waals surface area contributed by atoms with Crippen molar-refractivity contribution in [2.24, 2.45) is 5.73 Å². The third-order valence-electron chi connectivity index (χ3n) is 2.97. The maximum absolute atomic E-state index is 11.4. The van der Waals surface area contributed by atoms with Gasteiger partial charge in [-0.15, -0.1) is 5.06 Å². The van der Waals surface area contributed by atoms with Crippen LogP contribution in [0.3, 0.4) is 0 Å². The lowest BCUT2D eigenvalue weighted by Gasteiger charge is -2.15. The molecule has 0 bridgehead atoms. The molecular formula is C17H26N2O5. The minimum absolute atomic E-state index is 0.0970. The lowest BCUT2D eigenvalue weighted by atomic mass is 10.2. The predicted molar refractivity (Wildman–Crippen MR) is 89.3 cm³/mol. The molecule has 0 aromatic heterocycles. The van der Waals surface area contributed by atoms with Crippen molar-refractivity contribution >= 4 is 23.4 Å². The van der Waals surface area contributed by atoms with Gasteiger partial charge in [0.1, 0.15) is 0 Å². The third kappa shape index (κ3) is 10.4. The number of hydroxylamine groups is 2. The zero-order valence-electron chi connectivity index (χ0n) is 14.4. The molecule has 1 saturated heterocycles. The van der Waals surface area contributed by atoms with E-state index in [0.29, 0.717) is 31.5 Å². The van der Waals surface area contributed by atoms with Gasteiger partial charge in [-0.25, -0.2) is 4.79 Å². The summed E-state index contributed by atoms with van der Waals surface area (Å²) in [5, 5.41) is 1.02. The molecule has 1 rings (SSSR count). The summed E-state index contributed by atoms with van der Waals surface area (Å²) in [6.07, 6.45) is 6.31. The van der Waals surface area contributed by atoms with Crippen LogP contribution in [0.1, 0.15) is 52.4 Å². The summed E-state index contributed by atoms with van der Waals surface area (Å²) < 4.78 is 0. The quantitative estimate of drug-likeness (QED) is 0.534. The van der Waals surface area contributed by atoms with Gasteiger partial charge in [-0.1, -0.05) is 13.0 Å². The highest BCUT2D eigenvalue weighted by Gasteiger charge is 2.27. The molecule has 0 aromatic rings. The summed E-state index contributed by atoms with van der Waals surface area (Å²) in [7, 11) is 0. The number of hydrogen-bond donors (Lipinski definition) is 1. The van der Waals surface area contributed by atoms with Crippen LogP contribution in [0.25, 0.3) is 0 Å². The largest absolute Gasteiger partial charge is 0.334 e. The molecule has 1 aliphatic rings. The van der Waals surface area contributed by atoms with Crippen LogP contribution >= 0.6 is 0 Å². The average Bonchev–Trinajstić information content (AvgIpc) is 2.82. The molecular weight excluding hydrogens is 312 g/mol. The van der Waals surface area contributed by atoms with Crippen LogP contribution in [0.2, 0.25) is 0 Å². The van der Waals surface area contributed by atoms with E-state index in [1.807, 2.05) is 0 Å². The second-order valence-electron chi connectivity index (χ2n) is 5.37. The van der Waals surface area contributed by atoms with E-state index in [-0.39, 0.29) is 23.4 Å². The SMILES string of the molecule is C=C1CCC(=O)N1OC(=O)CCCCCN.CC(=O)/C=C\C(C)=O. The van der Waals surface area contributed by atoms with Crippen molar-refractivity contribution in [1.29, 1.82) is 0 Å². The van der Waals surface area contributed by atoms with Crippen LogP contribution in [0.5, 0.6) is 0 Å². The molecule has 1 amide bonds. The number of rotatable bonds is 8. The second-order valence-corrected chi connectivity index (χ2v) is 5.37. The van der Waals surface area contributed by atoms with Gasteiger partial charge < -0.3 is 10.6 Å². The number of nitrogens with zero attached hydrogens (tertiary/aromatic N) is 1. The molecule has 7 nitrogen and oxygen atoms in total. The zero-order valence-corrected chi connectivity index (χ0v) is 14.4. The van der Waals surface area contributed by atoms with E-state index < -0.39 is 0 Å². The highest BCUT2D eigenvalue weighted by Crippen LogP contribution is 2.21. The first kappa shape index (κ1) is 21.7. The van der Waals surface area contributed by atoms with Gasteiger partial charge in [0, 0.05) is 12.8 Å². The molecule has 1 heterocycles. The molecule has 0 aliphatic carbocycles. The van der Waals surface area contributed by atoms with Crippen molar-refractivity contribution in [3.8, 4) is 0 Å². The minimum atomic E-state index is -0.381. The molecule has 0 aromatic carbocycles. The van der Waals surface area contributed by atoms with Gasteiger partial charge in [0.15, 0.2) is 11.6 Å². The number of unbranched alkanes of at least 4 members (excludes halogenated alkanes) is 2. The van der Waals surface area contributed by atoms with E-state index in [2.05, 4.69) is 6.58 Å². The van der Waals surface area contributed by atoms with Crippen molar-refractivity contribution in [3.63, 3.8) is 0 Å². The monoisotopic (exact) mass is 338 g/mol. The molecule has 1 fully saturated rings. The summed E-state index contributed by atoms with van der Waals surface area (Å²) in [6, 6.07) is 0. The highest BCUT2D eigenvalue weighted by molar-refractivity contribution is 5.96. The van der Waals surface area contributed by atoms with Crippen molar-refractivity contribution < 1.29 is 24.0 Å². The Morgan fingerprint density at radius 1 is 1.12 bits per heavy atom. The van der Waals surface area contributed by atoms with E-state index in [1.165, 1.54) is 26.0 Å². The Morgan fingerprint density at radius 3 is 2.12 bits per heavy atom. The fraction of sp³-hybridized carbons (Fsp3) is 0.529. The first-order valence-corrected chi connectivity index (χ1v) is 7.88. The number of hydrogen-bond acceptors (Lipinski definition) is 6. The summed E-state index contributed by atoms with van der Waals surface area (Å²) in [5.74, 6) is -0.769. The van der Waals surface area contributed by atoms with Crippen LogP contribution in [0.4, 0.5) is 0 Å². The number of amides is 1. The van der Waals surface area contributed by atoms with E-state index in [1.54, 1.807) is 0 Å². The fourth-order valence-electron chi connectivity index (χ4n) is 1.72. The van der Waals surface area contributed by atoms with E-state index in [9.17, 15) is 19.2 Å². The standard InChI is InChI=1S/C11H18N2O3.C6H8O2/c1-9-6-7-10(14)13(9)16-11(15)5-3-2-4-8-12;1-5(7)3-4-6(2)8/h1-8,12H2;3-4H,1-2H3/b;4-3-. The topological polar surface area (TPSA) is 107 Å². The number of carbonyl (C=O) groups is 4. The second kappa shape index (κ2) is 12.2. The Bertz CT molecular complexity index is 479. The number of carbonyl (C=O) groups excluding carboxylic acids is 4. The average molecular weight is 338 g/mol. The van der Waals surface area contributed by atoms with Crippen LogP contribution in [-0.4, -0.2) is 35.1 Å². The maximum atomic E-state index is 11.4. The summed E-state index contributed by atoms with van der Waals surface area (Å²) in [5.41, 5.74) is 5.89. The lowest BCUT2D eigenvalue weighted by molar-refractivity contribution is -0.186. The van der Waals surface area contributed by atoms with E-state index in [4.69, 9.17) is 10.6 Å². The van der Waals surface area contributed by atoms with Crippen LogP contribution in [0.15, 0.2) is 24.4 Å². The highest BCUT2D eigenvalue weighted by atomic mass is 16.7. The number of ketones is 2. The minimum Gasteiger partial charge on any atom is -0.334 e. The Kier molecular flexibility index (Phi) is 11.0. The normalized spacial score (nSPS) is 13.7. The zero-order chi connectivity index (χ0) is 18.5. The van der Waals surface area contributed by atoms with Gasteiger partial charge >= 0.3 is 5.97 Å². The first-order chi connectivity index (χ1) is 11.3. The van der Waals surface area contributed by atoms with Crippen LogP contribution in [-0.2, 0) is 24.0 Å². The molecule has 0 spiro atoms. The molecule has 2 N–H and O–H groups in total. The molecule has 134 valence electrons. The van der Waals surface area contributed by atoms with Gasteiger partial charge in [0.25, 0.3) is 5.91 Å². The van der Waals surface area contributed by atoms with Crippen molar-refractivity contribution in [2.75, 3.05) is 6.54 Å². The fourth-order valence-corrected chi connectivity index (χ4v) is 1.72. The molecule has 7 heteroatoms. The number of nitrogens with two attached hydrogens (primary N) is 1. The van der Waals surface area contributed by atoms with E-state index >= 15 is 0 Å². The smallest absolute Gasteiger partial charge is 0.333 e. The molecule has 0 radical (unpaired) electrons. The first-order valence-electron chi connectivity index (χ1n) is 7.88. The van der Waals surface area contributed by atoms with Crippen molar-refractivity contribution in [3.05, 3.63) is 24.4 Å². The maximum Gasteiger partial charge on any atom is 0.333 e. The van der Waals surface area contributed by atoms with Gasteiger partial charge in [0.2, 0.25) is 0 Å². The van der Waals surface area contributed by atoms with Crippen molar-refractivity contribution in [1.82, 2.24) is 5.06 Å².